The van der Waals surface area contributed by atoms with Gasteiger partial charge in [0, 0.05) is 11.5 Å². The van der Waals surface area contributed by atoms with Gasteiger partial charge in [-0.2, -0.15) is 0 Å². The van der Waals surface area contributed by atoms with E-state index in [2.05, 4.69) is 0 Å². The second-order valence-electron chi connectivity index (χ2n) is 4.85. The summed E-state index contributed by atoms with van der Waals surface area (Å²) in [6.45, 7) is 0. The molecule has 0 unspecified atom stereocenters. The van der Waals surface area contributed by atoms with Crippen molar-refractivity contribution in [1.82, 2.24) is 0 Å². The number of benzene rings is 1. The van der Waals surface area contributed by atoms with Crippen LogP contribution in [0.1, 0.15) is 36.0 Å². The number of hydrogen-bond acceptors (Lipinski definition) is 3. The van der Waals surface area contributed by atoms with Crippen molar-refractivity contribution in [3.63, 3.8) is 0 Å². The predicted octanol–water partition coefficient (Wildman–Crippen LogP) is 3.03. The van der Waals surface area contributed by atoms with E-state index in [1.165, 1.54) is 0 Å². The van der Waals surface area contributed by atoms with Crippen LogP contribution in [0.15, 0.2) is 18.2 Å². The van der Waals surface area contributed by atoms with Gasteiger partial charge in [-0.3, -0.25) is 10.2 Å². The fraction of sp³-hybridized carbons (Fsp3) is 0.429. The molecule has 2 saturated carbocycles. The van der Waals surface area contributed by atoms with Crippen LogP contribution >= 0.6 is 11.6 Å². The first kappa shape index (κ1) is 13.9. The Bertz CT molecular complexity index is 482. The van der Waals surface area contributed by atoms with E-state index in [4.69, 9.17) is 27.5 Å². The van der Waals surface area contributed by atoms with E-state index in [1.54, 1.807) is 18.2 Å². The Labute approximate surface area is 117 Å². The number of carbonyl (C=O) groups is 1. The molecule has 19 heavy (non-hydrogen) atoms. The van der Waals surface area contributed by atoms with Crippen LogP contribution in [0.2, 0.25) is 5.02 Å². The second-order valence-corrected chi connectivity index (χ2v) is 5.26. The topological polar surface area (TPSA) is 76.2 Å². The predicted molar refractivity (Wildman–Crippen MR) is 75.1 cm³/mol. The zero-order valence-electron chi connectivity index (χ0n) is 10.6. The van der Waals surface area contributed by atoms with E-state index < -0.39 is 0 Å². The number of nitrogens with one attached hydrogen (secondary N) is 1. The SMILES string of the molecule is N=C(N)C1CC1.O=Cc1ccc(OC2CC2)c(Cl)c1. The first-order valence-electron chi connectivity index (χ1n) is 6.35. The Kier molecular flexibility index (Phi) is 4.43. The van der Waals surface area contributed by atoms with Gasteiger partial charge in [-0.1, -0.05) is 11.6 Å². The molecule has 0 aromatic heterocycles. The first-order chi connectivity index (χ1) is 9.10. The summed E-state index contributed by atoms with van der Waals surface area (Å²) in [5, 5.41) is 7.30. The molecule has 0 heterocycles. The molecule has 1 aromatic carbocycles. The van der Waals surface area contributed by atoms with E-state index >= 15 is 0 Å². The third-order valence-electron chi connectivity index (χ3n) is 2.93. The van der Waals surface area contributed by atoms with Gasteiger partial charge >= 0.3 is 0 Å². The van der Waals surface area contributed by atoms with Crippen molar-refractivity contribution in [3.8, 4) is 5.75 Å². The highest BCUT2D eigenvalue weighted by Gasteiger charge is 2.24. The third-order valence-corrected chi connectivity index (χ3v) is 3.22. The Morgan fingerprint density at radius 3 is 2.42 bits per heavy atom. The molecule has 0 aliphatic heterocycles. The quantitative estimate of drug-likeness (QED) is 0.506. The molecule has 3 rings (SSSR count). The van der Waals surface area contributed by atoms with E-state index in [1.807, 2.05) is 0 Å². The summed E-state index contributed by atoms with van der Waals surface area (Å²) in [6, 6.07) is 5.06. The lowest BCUT2D eigenvalue weighted by Gasteiger charge is -2.05. The van der Waals surface area contributed by atoms with Gasteiger partial charge in [-0.15, -0.1) is 0 Å². The van der Waals surface area contributed by atoms with Gasteiger partial charge < -0.3 is 10.5 Å². The number of hydrogen-bond donors (Lipinski definition) is 2. The van der Waals surface area contributed by atoms with Crippen molar-refractivity contribution in [3.05, 3.63) is 28.8 Å². The van der Waals surface area contributed by atoms with E-state index in [0.717, 1.165) is 32.0 Å². The van der Waals surface area contributed by atoms with Crippen molar-refractivity contribution in [2.45, 2.75) is 31.8 Å². The molecule has 0 amide bonds. The number of ether oxygens (including phenoxy) is 1. The minimum atomic E-state index is 0.333. The zero-order valence-corrected chi connectivity index (χ0v) is 11.3. The second kappa shape index (κ2) is 6.06. The maximum absolute atomic E-state index is 10.4. The van der Waals surface area contributed by atoms with E-state index in [9.17, 15) is 4.79 Å². The highest BCUT2D eigenvalue weighted by molar-refractivity contribution is 6.32. The molecule has 2 fully saturated rings. The molecule has 3 N–H and O–H groups in total. The lowest BCUT2D eigenvalue weighted by atomic mass is 10.2. The third kappa shape index (κ3) is 4.56. The highest BCUT2D eigenvalue weighted by Crippen LogP contribution is 2.32. The number of halogens is 1. The minimum absolute atomic E-state index is 0.333. The normalized spacial score (nSPS) is 17.1. The molecule has 1 aromatic rings. The molecular weight excluding hydrogens is 264 g/mol. The van der Waals surface area contributed by atoms with Gasteiger partial charge in [-0.25, -0.2) is 0 Å². The number of aldehydes is 1. The number of nitrogens with two attached hydrogens (primary N) is 1. The van der Waals surface area contributed by atoms with E-state index in [-0.39, 0.29) is 0 Å². The van der Waals surface area contributed by atoms with Crippen molar-refractivity contribution < 1.29 is 9.53 Å². The van der Waals surface area contributed by atoms with Crippen molar-refractivity contribution >= 4 is 23.7 Å². The first-order valence-corrected chi connectivity index (χ1v) is 6.73. The van der Waals surface area contributed by atoms with Crippen LogP contribution in [0.25, 0.3) is 0 Å². The van der Waals surface area contributed by atoms with Crippen LogP contribution in [0.4, 0.5) is 0 Å². The Balaban J connectivity index is 0.000000186. The molecule has 0 bridgehead atoms. The molecule has 0 saturated heterocycles. The summed E-state index contributed by atoms with van der Waals surface area (Å²) in [5.41, 5.74) is 5.66. The van der Waals surface area contributed by atoms with E-state index in [0.29, 0.717) is 34.2 Å². The molecule has 2 aliphatic carbocycles. The van der Waals surface area contributed by atoms with Gasteiger partial charge in [0.25, 0.3) is 0 Å². The summed E-state index contributed by atoms with van der Waals surface area (Å²) < 4.78 is 5.51. The van der Waals surface area contributed by atoms with Gasteiger partial charge in [0.05, 0.1) is 17.0 Å². The van der Waals surface area contributed by atoms with Crippen molar-refractivity contribution in [2.24, 2.45) is 11.7 Å². The molecule has 4 nitrogen and oxygen atoms in total. The monoisotopic (exact) mass is 280 g/mol. The minimum Gasteiger partial charge on any atom is -0.489 e. The Morgan fingerprint density at radius 2 is 2.05 bits per heavy atom. The molecule has 0 spiro atoms. The fourth-order valence-electron chi connectivity index (χ4n) is 1.45. The Hall–Kier alpha value is -1.55. The number of amidine groups is 1. The summed E-state index contributed by atoms with van der Waals surface area (Å²) in [7, 11) is 0. The zero-order chi connectivity index (χ0) is 13.8. The summed E-state index contributed by atoms with van der Waals surface area (Å²) in [5.74, 6) is 1.51. The van der Waals surface area contributed by atoms with Crippen molar-refractivity contribution in [1.29, 1.82) is 5.41 Å². The van der Waals surface area contributed by atoms with Gasteiger partial charge in [0.15, 0.2) is 0 Å². The molecule has 5 heteroatoms. The number of rotatable bonds is 4. The van der Waals surface area contributed by atoms with Crippen LogP contribution in [-0.2, 0) is 0 Å². The highest BCUT2D eigenvalue weighted by atomic mass is 35.5. The summed E-state index contributed by atoms with van der Waals surface area (Å²) in [6.07, 6.45) is 5.61. The smallest absolute Gasteiger partial charge is 0.150 e. The average Bonchev–Trinajstić information content (AvgIpc) is 3.26. The average molecular weight is 281 g/mol. The molecule has 0 atom stereocenters. The van der Waals surface area contributed by atoms with Crippen LogP contribution in [0.3, 0.4) is 0 Å². The van der Waals surface area contributed by atoms with Crippen LogP contribution in [0, 0.1) is 11.3 Å². The molecule has 0 radical (unpaired) electrons. The molecule has 102 valence electrons. The lowest BCUT2D eigenvalue weighted by Crippen LogP contribution is -2.10. The molecular formula is C14H17ClN2O2. The van der Waals surface area contributed by atoms with Gasteiger partial charge in [0.1, 0.15) is 12.0 Å². The summed E-state index contributed by atoms with van der Waals surface area (Å²) in [4.78, 5) is 10.4. The largest absolute Gasteiger partial charge is 0.489 e. The van der Waals surface area contributed by atoms with Crippen molar-refractivity contribution in [2.75, 3.05) is 0 Å². The maximum Gasteiger partial charge on any atom is 0.150 e. The fourth-order valence-corrected chi connectivity index (χ4v) is 1.68. The van der Waals surface area contributed by atoms with Crippen LogP contribution < -0.4 is 10.5 Å². The van der Waals surface area contributed by atoms with Crippen LogP contribution in [-0.4, -0.2) is 18.2 Å². The summed E-state index contributed by atoms with van der Waals surface area (Å²) >= 11 is 5.90. The maximum atomic E-state index is 10.4. The molecule has 2 aliphatic rings. The van der Waals surface area contributed by atoms with Gasteiger partial charge in [-0.05, 0) is 43.9 Å². The van der Waals surface area contributed by atoms with Gasteiger partial charge in [0.2, 0.25) is 0 Å². The number of carbonyl (C=O) groups excluding carboxylic acids is 1. The van der Waals surface area contributed by atoms with Crippen LogP contribution in [0.5, 0.6) is 5.75 Å². The Morgan fingerprint density at radius 1 is 1.37 bits per heavy atom. The standard InChI is InChI=1S/C10H9ClO2.C4H8N2/c11-9-5-7(6-12)1-4-10(9)13-8-2-3-8;5-4(6)3-1-2-3/h1,4-6,8H,2-3H2;3H,1-2H2,(H3,5,6). The lowest BCUT2D eigenvalue weighted by molar-refractivity contribution is 0.112.